The molecular formula is C16H22Os. The first-order valence-corrected chi connectivity index (χ1v) is 6.46. The molecule has 1 heteroatoms. The van der Waals surface area contributed by atoms with E-state index < -0.39 is 0 Å². The van der Waals surface area contributed by atoms with Crippen molar-refractivity contribution in [1.82, 2.24) is 0 Å². The smallest absolute Gasteiger partial charge is 0 e. The van der Waals surface area contributed by atoms with Crippen molar-refractivity contribution in [2.75, 3.05) is 0 Å². The van der Waals surface area contributed by atoms with Gasteiger partial charge in [0.05, 0.1) is 0 Å². The summed E-state index contributed by atoms with van der Waals surface area (Å²) in [4.78, 5) is 0. The third kappa shape index (κ3) is 1.22. The third-order valence-electron chi connectivity index (χ3n) is 5.74. The second kappa shape index (κ2) is 3.45. The number of rotatable bonds is 0. The molecule has 0 aliphatic heterocycles. The number of fused-ring (bicyclic) bond motifs is 3. The van der Waals surface area contributed by atoms with Crippen LogP contribution in [-0.2, 0) is 43.5 Å². The van der Waals surface area contributed by atoms with Crippen LogP contribution in [0.4, 0.5) is 0 Å². The maximum absolute atomic E-state index is 2.42. The van der Waals surface area contributed by atoms with Crippen molar-refractivity contribution in [2.45, 2.75) is 65.2 Å². The maximum Gasteiger partial charge on any atom is 0 e. The van der Waals surface area contributed by atoms with E-state index in [9.17, 15) is 0 Å². The van der Waals surface area contributed by atoms with Gasteiger partial charge in [-0.3, -0.25) is 0 Å². The van der Waals surface area contributed by atoms with E-state index in [1.54, 1.807) is 33.4 Å². The largest absolute Gasteiger partial charge is 0.0550 e. The summed E-state index contributed by atoms with van der Waals surface area (Å²) in [6, 6.07) is 0. The van der Waals surface area contributed by atoms with E-state index in [4.69, 9.17) is 0 Å². The van der Waals surface area contributed by atoms with Crippen LogP contribution in [0, 0.1) is 13.8 Å². The van der Waals surface area contributed by atoms with Gasteiger partial charge in [-0.15, -0.1) is 0 Å². The zero-order valence-electron chi connectivity index (χ0n) is 11.8. The molecule has 0 nitrogen and oxygen atoms in total. The molecule has 0 saturated heterocycles. The summed E-state index contributed by atoms with van der Waals surface area (Å²) in [5.74, 6) is 0. The van der Waals surface area contributed by atoms with Gasteiger partial charge in [0.1, 0.15) is 0 Å². The second-order valence-electron chi connectivity index (χ2n) is 6.71. The topological polar surface area (TPSA) is 0 Å². The molecule has 0 atom stereocenters. The maximum atomic E-state index is 2.42. The first kappa shape index (κ1) is 13.3. The van der Waals surface area contributed by atoms with Crippen molar-refractivity contribution in [3.63, 3.8) is 0 Å². The molecule has 0 bridgehead atoms. The summed E-state index contributed by atoms with van der Waals surface area (Å²) in [5.41, 5.74) is 10.6. The third-order valence-corrected chi connectivity index (χ3v) is 5.74. The van der Waals surface area contributed by atoms with Gasteiger partial charge in [0, 0.05) is 19.8 Å². The molecule has 0 heterocycles. The van der Waals surface area contributed by atoms with Crippen LogP contribution in [-0.4, -0.2) is 0 Å². The zero-order chi connectivity index (χ0) is 11.9. The SMILES string of the molecule is Cc1c(C)c2c(c3c1CC3)C(C)(C)C2(C)C.[Os]. The van der Waals surface area contributed by atoms with Crippen molar-refractivity contribution in [1.29, 1.82) is 0 Å². The van der Waals surface area contributed by atoms with Gasteiger partial charge in [-0.2, -0.15) is 0 Å². The van der Waals surface area contributed by atoms with Crippen LogP contribution in [0.25, 0.3) is 0 Å². The summed E-state index contributed by atoms with van der Waals surface area (Å²) in [5, 5.41) is 0. The van der Waals surface area contributed by atoms with Crippen LogP contribution in [0.2, 0.25) is 0 Å². The average molecular weight is 405 g/mol. The van der Waals surface area contributed by atoms with Gasteiger partial charge in [-0.05, 0) is 70.9 Å². The van der Waals surface area contributed by atoms with Gasteiger partial charge in [-0.25, -0.2) is 0 Å². The average Bonchev–Trinajstić information content (AvgIpc) is 2.12. The van der Waals surface area contributed by atoms with Crippen LogP contribution in [0.3, 0.4) is 0 Å². The van der Waals surface area contributed by atoms with Crippen LogP contribution in [0.5, 0.6) is 0 Å². The summed E-state index contributed by atoms with van der Waals surface area (Å²) in [6.45, 7) is 14.3. The zero-order valence-corrected chi connectivity index (χ0v) is 14.3. The number of hydrogen-bond acceptors (Lipinski definition) is 0. The van der Waals surface area contributed by atoms with Crippen LogP contribution < -0.4 is 0 Å². The molecule has 1 aromatic rings. The Hall–Kier alpha value is -0.144. The molecule has 0 aromatic heterocycles. The number of benzene rings is 1. The van der Waals surface area contributed by atoms with E-state index in [2.05, 4.69) is 41.5 Å². The van der Waals surface area contributed by atoms with E-state index in [-0.39, 0.29) is 19.8 Å². The monoisotopic (exact) mass is 406 g/mol. The van der Waals surface area contributed by atoms with Gasteiger partial charge in [0.2, 0.25) is 0 Å². The van der Waals surface area contributed by atoms with Crippen molar-refractivity contribution in [2.24, 2.45) is 0 Å². The summed E-state index contributed by atoms with van der Waals surface area (Å²) in [6.07, 6.45) is 2.63. The fourth-order valence-electron chi connectivity index (χ4n) is 3.85. The molecule has 0 amide bonds. The van der Waals surface area contributed by atoms with Crippen molar-refractivity contribution >= 4 is 0 Å². The standard InChI is InChI=1S/C16H22.Os/c1-9-10(2)13-14(12-8-7-11(9)12)16(5,6)15(13,3)4;/h7-8H2,1-6H3;. The van der Waals surface area contributed by atoms with Gasteiger partial charge in [0.15, 0.2) is 0 Å². The molecule has 0 fully saturated rings. The molecule has 2 aliphatic carbocycles. The molecule has 0 N–H and O–H groups in total. The van der Waals surface area contributed by atoms with E-state index in [0.717, 1.165) is 0 Å². The first-order chi connectivity index (χ1) is 7.30. The normalized spacial score (nSPS) is 21.5. The Kier molecular flexibility index (Phi) is 2.70. The molecule has 0 spiro atoms. The van der Waals surface area contributed by atoms with Crippen LogP contribution >= 0.6 is 0 Å². The quantitative estimate of drug-likeness (QED) is 0.614. The van der Waals surface area contributed by atoms with Crippen LogP contribution in [0.1, 0.15) is 61.1 Å². The van der Waals surface area contributed by atoms with Crippen molar-refractivity contribution in [3.8, 4) is 0 Å². The molecule has 1 aromatic carbocycles. The van der Waals surface area contributed by atoms with E-state index in [1.165, 1.54) is 12.8 Å². The second-order valence-corrected chi connectivity index (χ2v) is 6.71. The molecule has 3 rings (SSSR count). The fraction of sp³-hybridized carbons (Fsp3) is 0.625. The van der Waals surface area contributed by atoms with Gasteiger partial charge < -0.3 is 0 Å². The molecule has 0 radical (unpaired) electrons. The molecule has 0 saturated carbocycles. The molecule has 94 valence electrons. The summed E-state index contributed by atoms with van der Waals surface area (Å²) >= 11 is 0. The fourth-order valence-corrected chi connectivity index (χ4v) is 3.85. The Labute approximate surface area is 118 Å². The Balaban J connectivity index is 0.00000108. The first-order valence-electron chi connectivity index (χ1n) is 6.46. The Morgan fingerprint density at radius 2 is 1.18 bits per heavy atom. The predicted molar refractivity (Wildman–Crippen MR) is 69.4 cm³/mol. The summed E-state index contributed by atoms with van der Waals surface area (Å²) in [7, 11) is 0. The molecule has 2 aliphatic rings. The van der Waals surface area contributed by atoms with E-state index >= 15 is 0 Å². The summed E-state index contributed by atoms with van der Waals surface area (Å²) < 4.78 is 0. The molecule has 0 unspecified atom stereocenters. The van der Waals surface area contributed by atoms with Gasteiger partial charge in [0.25, 0.3) is 0 Å². The minimum Gasteiger partial charge on any atom is -0.0550 e. The predicted octanol–water partition coefficient (Wildman–Crippen LogP) is 3.97. The van der Waals surface area contributed by atoms with Crippen molar-refractivity contribution in [3.05, 3.63) is 33.4 Å². The van der Waals surface area contributed by atoms with Gasteiger partial charge in [-0.1, -0.05) is 27.7 Å². The minimum atomic E-state index is 0. The minimum absolute atomic E-state index is 0. The Morgan fingerprint density at radius 3 is 1.65 bits per heavy atom. The van der Waals surface area contributed by atoms with Gasteiger partial charge >= 0.3 is 0 Å². The van der Waals surface area contributed by atoms with E-state index in [0.29, 0.717) is 10.8 Å². The van der Waals surface area contributed by atoms with Crippen LogP contribution in [0.15, 0.2) is 0 Å². The molecule has 17 heavy (non-hydrogen) atoms. The number of hydrogen-bond donors (Lipinski definition) is 0. The Bertz CT molecular complexity index is 474. The van der Waals surface area contributed by atoms with E-state index in [1.807, 2.05) is 0 Å². The van der Waals surface area contributed by atoms with Crippen molar-refractivity contribution < 1.29 is 19.8 Å². The molecular weight excluding hydrogens is 382 g/mol. The Morgan fingerprint density at radius 1 is 0.706 bits per heavy atom.